The van der Waals surface area contributed by atoms with E-state index in [0.717, 1.165) is 5.56 Å². The van der Waals surface area contributed by atoms with Gasteiger partial charge < -0.3 is 15.1 Å². The Labute approximate surface area is 163 Å². The molecule has 0 fully saturated rings. The minimum absolute atomic E-state index is 0.105. The van der Waals surface area contributed by atoms with Gasteiger partial charge in [-0.05, 0) is 51.0 Å². The molecule has 8 nitrogen and oxygen atoms in total. The number of benzene rings is 1. The van der Waals surface area contributed by atoms with Crippen LogP contribution in [0.5, 0.6) is 0 Å². The second-order valence-corrected chi connectivity index (χ2v) is 9.44. The lowest BCUT2D eigenvalue weighted by Gasteiger charge is -2.32. The zero-order chi connectivity index (χ0) is 20.7. The van der Waals surface area contributed by atoms with E-state index in [1.807, 2.05) is 12.1 Å². The minimum atomic E-state index is -3.91. The number of carbonyl (C=O) groups excluding carboxylic acids is 2. The SMILES string of the molecule is CC(C)(C)NS(=O)(=O)c1ccc(C(=O)N2C[C@H](C(N)=O)Cc3ccccc32)o1. The van der Waals surface area contributed by atoms with E-state index in [-0.39, 0.29) is 17.4 Å². The summed E-state index contributed by atoms with van der Waals surface area (Å²) in [5.41, 5.74) is 6.23. The lowest BCUT2D eigenvalue weighted by atomic mass is 9.92. The number of hydrogen-bond donors (Lipinski definition) is 2. The molecule has 2 aromatic rings. The number of hydrogen-bond acceptors (Lipinski definition) is 5. The molecule has 0 aliphatic carbocycles. The van der Waals surface area contributed by atoms with Crippen LogP contribution in [-0.2, 0) is 21.2 Å². The van der Waals surface area contributed by atoms with Crippen molar-refractivity contribution < 1.29 is 22.4 Å². The molecule has 0 saturated carbocycles. The normalized spacial score (nSPS) is 17.2. The molecule has 1 aromatic heterocycles. The third-order valence-electron chi connectivity index (χ3n) is 4.30. The molecule has 0 radical (unpaired) electrons. The van der Waals surface area contributed by atoms with Crippen molar-refractivity contribution in [2.75, 3.05) is 11.4 Å². The molecule has 3 N–H and O–H groups in total. The van der Waals surface area contributed by atoms with Gasteiger partial charge in [-0.25, -0.2) is 13.1 Å². The topological polar surface area (TPSA) is 123 Å². The van der Waals surface area contributed by atoms with Crippen LogP contribution in [0.15, 0.2) is 45.9 Å². The van der Waals surface area contributed by atoms with Gasteiger partial charge in [-0.2, -0.15) is 0 Å². The van der Waals surface area contributed by atoms with Gasteiger partial charge in [0, 0.05) is 17.8 Å². The molecule has 9 heteroatoms. The van der Waals surface area contributed by atoms with Crippen LogP contribution in [0.1, 0.15) is 36.9 Å². The minimum Gasteiger partial charge on any atom is -0.438 e. The Morgan fingerprint density at radius 3 is 2.50 bits per heavy atom. The predicted octanol–water partition coefficient (Wildman–Crippen LogP) is 1.66. The number of anilines is 1. The van der Waals surface area contributed by atoms with E-state index in [1.165, 1.54) is 17.0 Å². The summed E-state index contributed by atoms with van der Waals surface area (Å²) in [6.07, 6.45) is 0.447. The van der Waals surface area contributed by atoms with Crippen LogP contribution in [0.25, 0.3) is 0 Å². The molecule has 2 heterocycles. The number of carbonyl (C=O) groups is 2. The van der Waals surface area contributed by atoms with Gasteiger partial charge in [0.05, 0.1) is 5.92 Å². The zero-order valence-corrected chi connectivity index (χ0v) is 16.7. The van der Waals surface area contributed by atoms with Gasteiger partial charge in [0.2, 0.25) is 11.0 Å². The third-order valence-corrected chi connectivity index (χ3v) is 5.93. The van der Waals surface area contributed by atoms with Crippen molar-refractivity contribution in [3.8, 4) is 0 Å². The van der Waals surface area contributed by atoms with Crippen molar-refractivity contribution in [2.45, 2.75) is 37.8 Å². The quantitative estimate of drug-likeness (QED) is 0.801. The molecule has 28 heavy (non-hydrogen) atoms. The standard InChI is InChI=1S/C19H23N3O5S/c1-19(2,3)21-28(25,26)16-9-8-15(27-16)18(24)22-11-13(17(20)23)10-12-6-4-5-7-14(12)22/h4-9,13,21H,10-11H2,1-3H3,(H2,20,23)/t13-/m1/s1. The van der Waals surface area contributed by atoms with Crippen LogP contribution < -0.4 is 15.4 Å². The highest BCUT2D eigenvalue weighted by Crippen LogP contribution is 2.31. The molecule has 150 valence electrons. The van der Waals surface area contributed by atoms with Gasteiger partial charge >= 0.3 is 0 Å². The highest BCUT2D eigenvalue weighted by molar-refractivity contribution is 7.89. The summed E-state index contributed by atoms with van der Waals surface area (Å²) in [4.78, 5) is 26.1. The summed E-state index contributed by atoms with van der Waals surface area (Å²) < 4.78 is 32.7. The monoisotopic (exact) mass is 405 g/mol. The number of sulfonamides is 1. The van der Waals surface area contributed by atoms with Crippen LogP contribution in [0.3, 0.4) is 0 Å². The van der Waals surface area contributed by atoms with Crippen LogP contribution >= 0.6 is 0 Å². The lowest BCUT2D eigenvalue weighted by molar-refractivity contribution is -0.121. The number of nitrogens with one attached hydrogen (secondary N) is 1. The first kappa shape index (κ1) is 20.1. The average molecular weight is 405 g/mol. The van der Waals surface area contributed by atoms with E-state index in [1.54, 1.807) is 32.9 Å². The molecule has 1 aliphatic rings. The molecule has 0 spiro atoms. The van der Waals surface area contributed by atoms with Gasteiger partial charge in [0.25, 0.3) is 15.9 Å². The van der Waals surface area contributed by atoms with E-state index < -0.39 is 33.3 Å². The summed E-state index contributed by atoms with van der Waals surface area (Å²) in [7, 11) is -3.91. The van der Waals surface area contributed by atoms with Crippen LogP contribution in [0, 0.1) is 5.92 Å². The first-order chi connectivity index (χ1) is 13.0. The van der Waals surface area contributed by atoms with E-state index in [9.17, 15) is 18.0 Å². The van der Waals surface area contributed by atoms with Gasteiger partial charge in [0.1, 0.15) is 0 Å². The molecular formula is C19H23N3O5S. The molecular weight excluding hydrogens is 382 g/mol. The second kappa shape index (κ2) is 7.06. The third kappa shape index (κ3) is 4.10. The van der Waals surface area contributed by atoms with Crippen molar-refractivity contribution in [1.82, 2.24) is 4.72 Å². The van der Waals surface area contributed by atoms with Crippen LogP contribution in [0.4, 0.5) is 5.69 Å². The molecule has 0 bridgehead atoms. The summed E-state index contributed by atoms with van der Waals surface area (Å²) in [5, 5.41) is -0.345. The molecule has 1 aromatic carbocycles. The highest BCUT2D eigenvalue weighted by atomic mass is 32.2. The predicted molar refractivity (Wildman–Crippen MR) is 103 cm³/mol. The maximum absolute atomic E-state index is 13.0. The lowest BCUT2D eigenvalue weighted by Crippen LogP contribution is -2.44. The Hall–Kier alpha value is -2.65. The number of nitrogens with two attached hydrogens (primary N) is 1. The van der Waals surface area contributed by atoms with E-state index in [2.05, 4.69) is 4.72 Å². The average Bonchev–Trinajstić information content (AvgIpc) is 3.09. The fourth-order valence-corrected chi connectivity index (χ4v) is 4.50. The smallest absolute Gasteiger partial charge is 0.294 e. The Morgan fingerprint density at radius 1 is 1.18 bits per heavy atom. The molecule has 0 unspecified atom stereocenters. The van der Waals surface area contributed by atoms with Crippen molar-refractivity contribution in [3.63, 3.8) is 0 Å². The number of para-hydroxylation sites is 1. The fourth-order valence-electron chi connectivity index (χ4n) is 3.14. The van der Waals surface area contributed by atoms with E-state index in [0.29, 0.717) is 12.1 Å². The van der Waals surface area contributed by atoms with Gasteiger partial charge in [-0.15, -0.1) is 0 Å². The van der Waals surface area contributed by atoms with Gasteiger partial charge in [-0.3, -0.25) is 9.59 Å². The first-order valence-corrected chi connectivity index (χ1v) is 10.3. The largest absolute Gasteiger partial charge is 0.438 e. The van der Waals surface area contributed by atoms with Crippen molar-refractivity contribution in [2.24, 2.45) is 11.7 Å². The molecule has 0 saturated heterocycles. The number of furan rings is 1. The fraction of sp³-hybridized carbons (Fsp3) is 0.368. The molecule has 1 aliphatic heterocycles. The van der Waals surface area contributed by atoms with Crippen molar-refractivity contribution in [1.29, 1.82) is 0 Å². The summed E-state index contributed by atoms with van der Waals surface area (Å²) in [6.45, 7) is 5.21. The molecule has 1 atom stereocenters. The van der Waals surface area contributed by atoms with E-state index >= 15 is 0 Å². The Kier molecular flexibility index (Phi) is 5.07. The zero-order valence-electron chi connectivity index (χ0n) is 15.9. The second-order valence-electron chi connectivity index (χ2n) is 7.82. The Balaban J connectivity index is 1.93. The van der Waals surface area contributed by atoms with Gasteiger partial charge in [0.15, 0.2) is 5.76 Å². The number of amides is 2. The molecule has 3 rings (SSSR count). The Morgan fingerprint density at radius 2 is 1.86 bits per heavy atom. The molecule has 2 amide bonds. The number of nitrogens with zero attached hydrogens (tertiary/aromatic N) is 1. The summed E-state index contributed by atoms with van der Waals surface area (Å²) >= 11 is 0. The number of rotatable bonds is 4. The highest BCUT2D eigenvalue weighted by Gasteiger charge is 2.34. The summed E-state index contributed by atoms with van der Waals surface area (Å²) in [5.74, 6) is -1.69. The number of fused-ring (bicyclic) bond motifs is 1. The van der Waals surface area contributed by atoms with Crippen molar-refractivity contribution in [3.05, 3.63) is 47.7 Å². The number of primary amides is 1. The van der Waals surface area contributed by atoms with Crippen LogP contribution in [-0.4, -0.2) is 32.3 Å². The van der Waals surface area contributed by atoms with Crippen LogP contribution in [0.2, 0.25) is 0 Å². The summed E-state index contributed by atoms with van der Waals surface area (Å²) in [6, 6.07) is 9.76. The first-order valence-electron chi connectivity index (χ1n) is 8.81. The van der Waals surface area contributed by atoms with Gasteiger partial charge in [-0.1, -0.05) is 18.2 Å². The Bertz CT molecular complexity index is 1020. The van der Waals surface area contributed by atoms with Crippen molar-refractivity contribution >= 4 is 27.5 Å². The van der Waals surface area contributed by atoms with E-state index in [4.69, 9.17) is 10.2 Å². The maximum Gasteiger partial charge on any atom is 0.294 e. The maximum atomic E-state index is 13.0.